The van der Waals surface area contributed by atoms with Gasteiger partial charge in [0.05, 0.1) is 0 Å². The molecule has 0 spiro atoms. The van der Waals surface area contributed by atoms with Crippen molar-refractivity contribution in [1.29, 1.82) is 0 Å². The normalized spacial score (nSPS) is 12.3. The standard InChI is InChI=1S/C45H80O6/c1-4-7-10-13-16-19-21-22-24-26-29-32-35-38-44(47)50-41-42(40-49-43(46)37-34-31-28-25-18-15-12-9-6-3)51-45(48)39-36-33-30-27-23-20-17-14-11-8-5-2/h10,13-14,17,19,21,42H,4-9,11-12,15-16,18,20,22-41H2,1-3H3/b13-10-,17-14-,21-19-. The molecule has 6 heteroatoms. The van der Waals surface area contributed by atoms with Crippen molar-refractivity contribution in [3.05, 3.63) is 36.5 Å². The topological polar surface area (TPSA) is 78.9 Å². The van der Waals surface area contributed by atoms with Crippen LogP contribution in [0.25, 0.3) is 0 Å². The summed E-state index contributed by atoms with van der Waals surface area (Å²) in [5, 5.41) is 0. The minimum absolute atomic E-state index is 0.0788. The van der Waals surface area contributed by atoms with Gasteiger partial charge in [-0.15, -0.1) is 0 Å². The molecule has 0 bridgehead atoms. The Bertz CT molecular complexity index is 876. The van der Waals surface area contributed by atoms with Crippen LogP contribution in [0, 0.1) is 0 Å². The lowest BCUT2D eigenvalue weighted by molar-refractivity contribution is -0.167. The van der Waals surface area contributed by atoms with Crippen molar-refractivity contribution in [2.45, 2.75) is 219 Å². The third-order valence-electron chi connectivity index (χ3n) is 9.10. The molecule has 0 aliphatic heterocycles. The van der Waals surface area contributed by atoms with Gasteiger partial charge in [-0.3, -0.25) is 14.4 Å². The first-order valence-electron chi connectivity index (χ1n) is 21.5. The third-order valence-corrected chi connectivity index (χ3v) is 9.10. The van der Waals surface area contributed by atoms with Gasteiger partial charge < -0.3 is 14.2 Å². The highest BCUT2D eigenvalue weighted by Gasteiger charge is 2.19. The Kier molecular flexibility index (Phi) is 38.5. The van der Waals surface area contributed by atoms with E-state index in [4.69, 9.17) is 14.2 Å². The van der Waals surface area contributed by atoms with E-state index in [1.807, 2.05) is 0 Å². The van der Waals surface area contributed by atoms with Crippen LogP contribution >= 0.6 is 0 Å². The second-order valence-corrected chi connectivity index (χ2v) is 14.3. The average Bonchev–Trinajstić information content (AvgIpc) is 3.12. The number of carbonyl (C=O) groups is 3. The molecule has 51 heavy (non-hydrogen) atoms. The highest BCUT2D eigenvalue weighted by molar-refractivity contribution is 5.71. The molecule has 0 fully saturated rings. The molecule has 0 rings (SSSR count). The van der Waals surface area contributed by atoms with Gasteiger partial charge in [-0.05, 0) is 64.2 Å². The summed E-state index contributed by atoms with van der Waals surface area (Å²) in [6.07, 6.45) is 44.1. The average molecular weight is 717 g/mol. The van der Waals surface area contributed by atoms with Crippen LogP contribution in [0.1, 0.15) is 213 Å². The molecule has 0 aromatic rings. The monoisotopic (exact) mass is 717 g/mol. The fraction of sp³-hybridized carbons (Fsp3) is 0.800. The highest BCUT2D eigenvalue weighted by Crippen LogP contribution is 2.13. The van der Waals surface area contributed by atoms with E-state index in [9.17, 15) is 14.4 Å². The molecular weight excluding hydrogens is 636 g/mol. The molecule has 0 aliphatic carbocycles. The molecule has 0 radical (unpaired) electrons. The Morgan fingerprint density at radius 1 is 0.392 bits per heavy atom. The first kappa shape index (κ1) is 48.6. The van der Waals surface area contributed by atoms with Crippen molar-refractivity contribution in [2.24, 2.45) is 0 Å². The van der Waals surface area contributed by atoms with E-state index in [0.717, 1.165) is 96.3 Å². The molecule has 296 valence electrons. The van der Waals surface area contributed by atoms with Crippen LogP contribution in [0.2, 0.25) is 0 Å². The van der Waals surface area contributed by atoms with E-state index in [2.05, 4.69) is 57.2 Å². The van der Waals surface area contributed by atoms with E-state index < -0.39 is 6.10 Å². The second-order valence-electron chi connectivity index (χ2n) is 14.3. The Balaban J connectivity index is 4.39. The lowest BCUT2D eigenvalue weighted by Gasteiger charge is -2.18. The van der Waals surface area contributed by atoms with Crippen LogP contribution in [0.5, 0.6) is 0 Å². The summed E-state index contributed by atoms with van der Waals surface area (Å²) in [5.74, 6) is -0.908. The number of ether oxygens (including phenoxy) is 3. The molecule has 0 heterocycles. The van der Waals surface area contributed by atoms with Crippen LogP contribution in [-0.2, 0) is 28.6 Å². The summed E-state index contributed by atoms with van der Waals surface area (Å²) >= 11 is 0. The van der Waals surface area contributed by atoms with Crippen molar-refractivity contribution >= 4 is 17.9 Å². The number of carbonyl (C=O) groups excluding carboxylic acids is 3. The summed E-state index contributed by atoms with van der Waals surface area (Å²) in [7, 11) is 0. The Morgan fingerprint density at radius 2 is 0.765 bits per heavy atom. The van der Waals surface area contributed by atoms with Gasteiger partial charge in [0, 0.05) is 19.3 Å². The molecule has 1 unspecified atom stereocenters. The van der Waals surface area contributed by atoms with E-state index >= 15 is 0 Å². The van der Waals surface area contributed by atoms with E-state index in [0.29, 0.717) is 19.3 Å². The van der Waals surface area contributed by atoms with Crippen LogP contribution in [0.3, 0.4) is 0 Å². The lowest BCUT2D eigenvalue weighted by Crippen LogP contribution is -2.30. The van der Waals surface area contributed by atoms with Gasteiger partial charge in [0.2, 0.25) is 0 Å². The van der Waals surface area contributed by atoms with E-state index in [-0.39, 0.29) is 31.1 Å². The molecular formula is C45H80O6. The fourth-order valence-corrected chi connectivity index (χ4v) is 5.81. The van der Waals surface area contributed by atoms with E-state index in [1.54, 1.807) is 0 Å². The quantitative estimate of drug-likeness (QED) is 0.0274. The zero-order chi connectivity index (χ0) is 37.3. The first-order chi connectivity index (χ1) is 25.0. The van der Waals surface area contributed by atoms with Crippen molar-refractivity contribution in [2.75, 3.05) is 13.2 Å². The summed E-state index contributed by atoms with van der Waals surface area (Å²) < 4.78 is 16.6. The molecule has 1 atom stereocenters. The van der Waals surface area contributed by atoms with Crippen LogP contribution in [-0.4, -0.2) is 37.2 Å². The van der Waals surface area contributed by atoms with Gasteiger partial charge in [0.25, 0.3) is 0 Å². The van der Waals surface area contributed by atoms with Gasteiger partial charge in [-0.1, -0.05) is 166 Å². The Labute approximate surface area is 315 Å². The van der Waals surface area contributed by atoms with Crippen molar-refractivity contribution in [3.8, 4) is 0 Å². The van der Waals surface area contributed by atoms with Gasteiger partial charge in [0.15, 0.2) is 6.10 Å². The summed E-state index contributed by atoms with van der Waals surface area (Å²) in [6, 6.07) is 0. The number of unbranched alkanes of at least 4 members (excludes halogenated alkanes) is 21. The molecule has 0 aromatic heterocycles. The van der Waals surface area contributed by atoms with Crippen molar-refractivity contribution < 1.29 is 28.6 Å². The molecule has 0 aliphatic rings. The Morgan fingerprint density at radius 3 is 1.24 bits per heavy atom. The molecule has 0 amide bonds. The van der Waals surface area contributed by atoms with Crippen molar-refractivity contribution in [3.63, 3.8) is 0 Å². The number of hydrogen-bond donors (Lipinski definition) is 0. The van der Waals surface area contributed by atoms with Gasteiger partial charge in [0.1, 0.15) is 13.2 Å². The van der Waals surface area contributed by atoms with Gasteiger partial charge in [-0.2, -0.15) is 0 Å². The SMILES string of the molecule is CCC/C=C\C/C=C\CCCCCCCC(=O)OCC(COC(=O)CCCCCCCCCCC)OC(=O)CCCCCCC/C=C\CCCC. The summed E-state index contributed by atoms with van der Waals surface area (Å²) in [5.41, 5.74) is 0. The van der Waals surface area contributed by atoms with Crippen molar-refractivity contribution in [1.82, 2.24) is 0 Å². The number of esters is 3. The molecule has 0 saturated carbocycles. The second kappa shape index (κ2) is 40.4. The molecule has 0 aromatic carbocycles. The maximum Gasteiger partial charge on any atom is 0.306 e. The van der Waals surface area contributed by atoms with Gasteiger partial charge in [-0.25, -0.2) is 0 Å². The Hall–Kier alpha value is -2.37. The molecule has 0 saturated heterocycles. The maximum absolute atomic E-state index is 12.6. The smallest absolute Gasteiger partial charge is 0.306 e. The predicted octanol–water partition coefficient (Wildman–Crippen LogP) is 13.4. The van der Waals surface area contributed by atoms with Gasteiger partial charge >= 0.3 is 17.9 Å². The summed E-state index contributed by atoms with van der Waals surface area (Å²) in [6.45, 7) is 6.48. The van der Waals surface area contributed by atoms with Crippen LogP contribution < -0.4 is 0 Å². The molecule has 0 N–H and O–H groups in total. The zero-order valence-corrected chi connectivity index (χ0v) is 33.6. The maximum atomic E-state index is 12.6. The third kappa shape index (κ3) is 38.7. The number of hydrogen-bond acceptors (Lipinski definition) is 6. The van der Waals surface area contributed by atoms with Crippen LogP contribution in [0.15, 0.2) is 36.5 Å². The number of allylic oxidation sites excluding steroid dienone is 6. The zero-order valence-electron chi connectivity index (χ0n) is 33.6. The summed E-state index contributed by atoms with van der Waals surface area (Å²) in [4.78, 5) is 37.5. The highest BCUT2D eigenvalue weighted by atomic mass is 16.6. The first-order valence-corrected chi connectivity index (χ1v) is 21.5. The minimum atomic E-state index is -0.775. The number of rotatable bonds is 38. The lowest BCUT2D eigenvalue weighted by atomic mass is 10.1. The van der Waals surface area contributed by atoms with Crippen LogP contribution in [0.4, 0.5) is 0 Å². The predicted molar refractivity (Wildman–Crippen MR) is 215 cm³/mol. The minimum Gasteiger partial charge on any atom is -0.462 e. The molecule has 6 nitrogen and oxygen atoms in total. The fourth-order valence-electron chi connectivity index (χ4n) is 5.81. The largest absolute Gasteiger partial charge is 0.462 e. The van der Waals surface area contributed by atoms with E-state index in [1.165, 1.54) is 77.0 Å².